The zero-order valence-corrected chi connectivity index (χ0v) is 19.8. The smallest absolute Gasteiger partial charge is 0.343 e. The zero-order valence-electron chi connectivity index (χ0n) is 19.8. The molecular weight excluding hydrogens is 460 g/mol. The number of amides is 1. The molecule has 1 N–H and O–H groups in total. The van der Waals surface area contributed by atoms with E-state index < -0.39 is 17.8 Å². The van der Waals surface area contributed by atoms with E-state index in [2.05, 4.69) is 5.32 Å². The Morgan fingerprint density at radius 1 is 0.861 bits per heavy atom. The lowest BCUT2D eigenvalue weighted by molar-refractivity contribution is -0.112. The number of nitrogens with zero attached hydrogens (tertiary/aromatic N) is 1. The van der Waals surface area contributed by atoms with Gasteiger partial charge in [-0.1, -0.05) is 24.3 Å². The number of anilines is 1. The number of hydrogen-bond donors (Lipinski definition) is 1. The Bertz CT molecular complexity index is 1310. The molecule has 8 nitrogen and oxygen atoms in total. The van der Waals surface area contributed by atoms with Gasteiger partial charge in [0.2, 0.25) is 0 Å². The van der Waals surface area contributed by atoms with Crippen LogP contribution in [-0.4, -0.2) is 31.1 Å². The number of benzene rings is 3. The fourth-order valence-corrected chi connectivity index (χ4v) is 3.12. The Balaban J connectivity index is 1.76. The maximum absolute atomic E-state index is 12.7. The minimum Gasteiger partial charge on any atom is -0.490 e. The van der Waals surface area contributed by atoms with Crippen LogP contribution in [0.2, 0.25) is 0 Å². The molecule has 3 aromatic carbocycles. The molecule has 3 aromatic rings. The molecule has 8 heteroatoms. The first-order chi connectivity index (χ1) is 17.4. The van der Waals surface area contributed by atoms with Crippen molar-refractivity contribution < 1.29 is 28.6 Å². The molecule has 0 aromatic heterocycles. The minimum absolute atomic E-state index is 0.152. The van der Waals surface area contributed by atoms with Gasteiger partial charge in [-0.2, -0.15) is 5.26 Å². The monoisotopic (exact) mass is 484 g/mol. The molecule has 182 valence electrons. The third-order valence-electron chi connectivity index (χ3n) is 4.81. The topological polar surface area (TPSA) is 115 Å². The van der Waals surface area contributed by atoms with Crippen LogP contribution in [0.4, 0.5) is 5.69 Å². The van der Waals surface area contributed by atoms with Crippen molar-refractivity contribution in [3.8, 4) is 17.6 Å². The van der Waals surface area contributed by atoms with Crippen LogP contribution in [0.3, 0.4) is 0 Å². The van der Waals surface area contributed by atoms with Gasteiger partial charge >= 0.3 is 11.9 Å². The standard InChI is InChI=1S/C28H24N2O6/c1-3-34-25-17-19(10-15-24(25)36-28(33)20-8-6-5-7-9-20)16-22(18-29)26(31)30-23-13-11-21(12-14-23)27(32)35-4-2/h5-17H,3-4H2,1-2H3,(H,30,31)/b22-16+. The second kappa shape index (κ2) is 12.5. The third kappa shape index (κ3) is 6.81. The SMILES string of the molecule is CCOC(=O)c1ccc(NC(=O)/C(C#N)=C/c2ccc(OC(=O)c3ccccc3)c(OCC)c2)cc1. The third-order valence-corrected chi connectivity index (χ3v) is 4.81. The van der Waals surface area contributed by atoms with Gasteiger partial charge in [-0.15, -0.1) is 0 Å². The van der Waals surface area contributed by atoms with Gasteiger partial charge < -0.3 is 19.5 Å². The van der Waals surface area contributed by atoms with E-state index in [1.165, 1.54) is 18.2 Å². The molecule has 0 unspecified atom stereocenters. The first-order valence-corrected chi connectivity index (χ1v) is 11.2. The van der Waals surface area contributed by atoms with Crippen molar-refractivity contribution in [1.82, 2.24) is 0 Å². The highest BCUT2D eigenvalue weighted by Crippen LogP contribution is 2.30. The second-order valence-electron chi connectivity index (χ2n) is 7.32. The van der Waals surface area contributed by atoms with Gasteiger partial charge in [0.25, 0.3) is 5.91 Å². The number of carbonyl (C=O) groups excluding carboxylic acids is 3. The maximum Gasteiger partial charge on any atom is 0.343 e. The number of nitrogens with one attached hydrogen (secondary N) is 1. The summed E-state index contributed by atoms with van der Waals surface area (Å²) in [6.45, 7) is 4.07. The van der Waals surface area contributed by atoms with E-state index in [-0.39, 0.29) is 17.9 Å². The Morgan fingerprint density at radius 2 is 1.56 bits per heavy atom. The van der Waals surface area contributed by atoms with Crippen molar-refractivity contribution in [2.45, 2.75) is 13.8 Å². The molecule has 0 aliphatic rings. The highest BCUT2D eigenvalue weighted by molar-refractivity contribution is 6.09. The Labute approximate surface area is 208 Å². The minimum atomic E-state index is -0.626. The van der Waals surface area contributed by atoms with Crippen molar-refractivity contribution in [1.29, 1.82) is 5.26 Å². The van der Waals surface area contributed by atoms with Gasteiger partial charge in [0.15, 0.2) is 11.5 Å². The first-order valence-electron chi connectivity index (χ1n) is 11.2. The molecule has 0 heterocycles. The lowest BCUT2D eigenvalue weighted by Gasteiger charge is -2.12. The van der Waals surface area contributed by atoms with Crippen LogP contribution in [0.1, 0.15) is 40.1 Å². The van der Waals surface area contributed by atoms with Crippen molar-refractivity contribution in [2.75, 3.05) is 18.5 Å². The van der Waals surface area contributed by atoms with Crippen molar-refractivity contribution in [3.63, 3.8) is 0 Å². The molecule has 0 radical (unpaired) electrons. The molecule has 0 spiro atoms. The summed E-state index contributed by atoms with van der Waals surface area (Å²) in [5.74, 6) is -1.11. The van der Waals surface area contributed by atoms with Gasteiger partial charge in [0, 0.05) is 5.69 Å². The number of carbonyl (C=O) groups is 3. The van der Waals surface area contributed by atoms with Gasteiger partial charge in [0.05, 0.1) is 24.3 Å². The van der Waals surface area contributed by atoms with Crippen LogP contribution in [0.5, 0.6) is 11.5 Å². The van der Waals surface area contributed by atoms with Crippen LogP contribution >= 0.6 is 0 Å². The van der Waals surface area contributed by atoms with Crippen LogP contribution in [-0.2, 0) is 9.53 Å². The quantitative estimate of drug-likeness (QED) is 0.196. The Morgan fingerprint density at radius 3 is 2.19 bits per heavy atom. The van der Waals surface area contributed by atoms with Crippen LogP contribution in [0.15, 0.2) is 78.4 Å². The zero-order chi connectivity index (χ0) is 25.9. The van der Waals surface area contributed by atoms with Crippen molar-refractivity contribution in [2.24, 2.45) is 0 Å². The molecule has 1 amide bonds. The van der Waals surface area contributed by atoms with E-state index in [4.69, 9.17) is 14.2 Å². The number of hydrogen-bond acceptors (Lipinski definition) is 7. The van der Waals surface area contributed by atoms with Gasteiger partial charge in [-0.25, -0.2) is 9.59 Å². The first kappa shape index (κ1) is 25.7. The van der Waals surface area contributed by atoms with Crippen LogP contribution in [0, 0.1) is 11.3 Å². The average Bonchev–Trinajstić information content (AvgIpc) is 2.89. The van der Waals surface area contributed by atoms with Gasteiger partial charge in [-0.3, -0.25) is 4.79 Å². The molecule has 0 atom stereocenters. The summed E-state index contributed by atoms with van der Waals surface area (Å²) in [6, 6.07) is 21.3. The normalized spacial score (nSPS) is 10.6. The number of esters is 2. The summed E-state index contributed by atoms with van der Waals surface area (Å²) in [7, 11) is 0. The molecule has 0 bridgehead atoms. The fraction of sp³-hybridized carbons (Fsp3) is 0.143. The summed E-state index contributed by atoms with van der Waals surface area (Å²) < 4.78 is 16.0. The predicted octanol–water partition coefficient (Wildman–Crippen LogP) is 5.03. The van der Waals surface area contributed by atoms with Crippen LogP contribution in [0.25, 0.3) is 6.08 Å². The molecule has 0 aliphatic carbocycles. The Hall–Kier alpha value is -4.90. The molecule has 3 rings (SSSR count). The van der Waals surface area contributed by atoms with E-state index in [0.717, 1.165) is 0 Å². The van der Waals surface area contributed by atoms with E-state index >= 15 is 0 Å². The number of rotatable bonds is 9. The Kier molecular flexibility index (Phi) is 8.95. The molecule has 36 heavy (non-hydrogen) atoms. The van der Waals surface area contributed by atoms with Gasteiger partial charge in [-0.05, 0) is 74.0 Å². The summed E-state index contributed by atoms with van der Waals surface area (Å²) >= 11 is 0. The second-order valence-corrected chi connectivity index (χ2v) is 7.32. The summed E-state index contributed by atoms with van der Waals surface area (Å²) in [6.07, 6.45) is 1.40. The van der Waals surface area contributed by atoms with Gasteiger partial charge in [0.1, 0.15) is 11.6 Å². The molecule has 0 saturated carbocycles. The summed E-state index contributed by atoms with van der Waals surface area (Å²) in [5, 5.41) is 12.2. The van der Waals surface area contributed by atoms with Crippen molar-refractivity contribution in [3.05, 3.63) is 95.1 Å². The van der Waals surface area contributed by atoms with E-state index in [1.54, 1.807) is 74.5 Å². The van der Waals surface area contributed by atoms with E-state index in [0.29, 0.717) is 34.7 Å². The maximum atomic E-state index is 12.7. The number of ether oxygens (including phenoxy) is 3. The lowest BCUT2D eigenvalue weighted by Crippen LogP contribution is -2.13. The largest absolute Gasteiger partial charge is 0.490 e. The average molecular weight is 485 g/mol. The molecule has 0 saturated heterocycles. The highest BCUT2D eigenvalue weighted by Gasteiger charge is 2.15. The molecular formula is C28H24N2O6. The number of nitriles is 1. The van der Waals surface area contributed by atoms with E-state index in [9.17, 15) is 19.6 Å². The van der Waals surface area contributed by atoms with Crippen LogP contribution < -0.4 is 14.8 Å². The lowest BCUT2D eigenvalue weighted by atomic mass is 10.1. The van der Waals surface area contributed by atoms with Crippen molar-refractivity contribution >= 4 is 29.6 Å². The predicted molar refractivity (Wildman–Crippen MR) is 134 cm³/mol. The summed E-state index contributed by atoms with van der Waals surface area (Å²) in [5.41, 5.74) is 1.50. The summed E-state index contributed by atoms with van der Waals surface area (Å²) in [4.78, 5) is 36.8. The molecule has 0 aliphatic heterocycles. The highest BCUT2D eigenvalue weighted by atomic mass is 16.6. The molecule has 0 fully saturated rings. The van der Waals surface area contributed by atoms with E-state index in [1.807, 2.05) is 6.07 Å². The fourth-order valence-electron chi connectivity index (χ4n) is 3.12.